The quantitative estimate of drug-likeness (QED) is 0.270. The fourth-order valence-corrected chi connectivity index (χ4v) is 7.19. The number of fused-ring (bicyclic) bond motifs is 1. The predicted molar refractivity (Wildman–Crippen MR) is 178 cm³/mol. The van der Waals surface area contributed by atoms with Gasteiger partial charge in [0.1, 0.15) is 12.2 Å². The summed E-state index contributed by atoms with van der Waals surface area (Å²) in [5.74, 6) is -1.84. The second-order valence-corrected chi connectivity index (χ2v) is 14.2. The summed E-state index contributed by atoms with van der Waals surface area (Å²) in [6.45, 7) is 2.46. The molecule has 2 atom stereocenters. The number of anilines is 2. The number of piperazine rings is 1. The predicted octanol–water partition coefficient (Wildman–Crippen LogP) is 4.98. The third kappa shape index (κ3) is 6.60. The van der Waals surface area contributed by atoms with Crippen LogP contribution in [0.25, 0.3) is 22.0 Å². The lowest BCUT2D eigenvalue weighted by atomic mass is 10.0. The zero-order valence-corrected chi connectivity index (χ0v) is 27.6. The van der Waals surface area contributed by atoms with Crippen molar-refractivity contribution in [3.05, 3.63) is 83.3 Å². The lowest BCUT2D eigenvalue weighted by Gasteiger charge is -2.34. The highest BCUT2D eigenvalue weighted by molar-refractivity contribution is 7.88. The van der Waals surface area contributed by atoms with Crippen molar-refractivity contribution >= 4 is 61.7 Å². The lowest BCUT2D eigenvalue weighted by molar-refractivity contribution is -0.120. The van der Waals surface area contributed by atoms with Crippen molar-refractivity contribution in [2.75, 3.05) is 49.2 Å². The Morgan fingerprint density at radius 3 is 2.38 bits per heavy atom. The molecule has 0 bridgehead atoms. The number of hydrogen-bond donors (Lipinski definition) is 1. The van der Waals surface area contributed by atoms with Crippen LogP contribution in [0.1, 0.15) is 23.7 Å². The fourth-order valence-electron chi connectivity index (χ4n) is 6.12. The summed E-state index contributed by atoms with van der Waals surface area (Å²) >= 11 is 6.25. The minimum absolute atomic E-state index is 0.157. The second kappa shape index (κ2) is 13.2. The SMILES string of the molecule is CC(=O)c1cn(OC(=O)N2C[C@H](F)C[C@H]2C(=O)Nc2cccc(-c3ccccc3Cl)c2F)c2ccc(N3CCN(S(C)(=O)=O)CC3)cc12. The summed E-state index contributed by atoms with van der Waals surface area (Å²) in [4.78, 5) is 47.9. The van der Waals surface area contributed by atoms with E-state index in [0.717, 1.165) is 15.3 Å². The van der Waals surface area contributed by atoms with E-state index in [9.17, 15) is 27.2 Å². The first-order valence-electron chi connectivity index (χ1n) is 15.1. The topological polar surface area (TPSA) is 121 Å². The van der Waals surface area contributed by atoms with Crippen molar-refractivity contribution in [3.8, 4) is 11.1 Å². The highest BCUT2D eigenvalue weighted by Gasteiger charge is 2.41. The zero-order chi connectivity index (χ0) is 34.3. The van der Waals surface area contributed by atoms with Gasteiger partial charge in [-0.05, 0) is 37.3 Å². The molecule has 0 saturated carbocycles. The molecule has 3 aromatic carbocycles. The van der Waals surface area contributed by atoms with Crippen molar-refractivity contribution < 1.29 is 36.4 Å². The molecule has 2 amide bonds. The van der Waals surface area contributed by atoms with Crippen molar-refractivity contribution in [1.82, 2.24) is 13.9 Å². The number of alkyl halides is 1. The molecular weight excluding hydrogens is 668 g/mol. The molecule has 1 N–H and O–H groups in total. The van der Waals surface area contributed by atoms with E-state index in [1.54, 1.807) is 48.5 Å². The van der Waals surface area contributed by atoms with Crippen LogP contribution < -0.4 is 15.1 Å². The highest BCUT2D eigenvalue weighted by atomic mass is 35.5. The number of nitrogens with one attached hydrogen (secondary N) is 1. The third-order valence-corrected chi connectivity index (χ3v) is 10.2. The van der Waals surface area contributed by atoms with Gasteiger partial charge >= 0.3 is 6.09 Å². The van der Waals surface area contributed by atoms with Crippen LogP contribution in [-0.4, -0.2) is 91.3 Å². The Balaban J connectivity index is 1.21. The smallest absolute Gasteiger partial charge is 0.369 e. The summed E-state index contributed by atoms with van der Waals surface area (Å²) in [5.41, 5.74) is 1.82. The third-order valence-electron chi connectivity index (χ3n) is 8.59. The molecule has 1 aromatic heterocycles. The van der Waals surface area contributed by atoms with Crippen LogP contribution in [0.15, 0.2) is 66.9 Å². The molecule has 3 heterocycles. The van der Waals surface area contributed by atoms with E-state index in [1.807, 2.05) is 4.90 Å². The van der Waals surface area contributed by atoms with E-state index in [-0.39, 0.29) is 29.0 Å². The summed E-state index contributed by atoms with van der Waals surface area (Å²) in [7, 11) is -3.31. The molecule has 0 radical (unpaired) electrons. The first kappa shape index (κ1) is 33.4. The molecule has 0 spiro atoms. The Morgan fingerprint density at radius 1 is 0.979 bits per heavy atom. The average molecular weight is 700 g/mol. The minimum atomic E-state index is -3.31. The molecule has 0 unspecified atom stereocenters. The number of hydrogen-bond acceptors (Lipinski definition) is 7. The fraction of sp³-hybridized carbons (Fsp3) is 0.303. The van der Waals surface area contributed by atoms with E-state index < -0.39 is 46.6 Å². The number of amides is 2. The largest absolute Gasteiger partial charge is 0.435 e. The Bertz CT molecular complexity index is 2030. The van der Waals surface area contributed by atoms with Crippen LogP contribution >= 0.6 is 11.6 Å². The first-order valence-corrected chi connectivity index (χ1v) is 17.4. The Kier molecular flexibility index (Phi) is 9.16. The number of carbonyl (C=O) groups excluding carboxylic acids is 3. The molecule has 2 aliphatic heterocycles. The number of rotatable bonds is 7. The van der Waals surface area contributed by atoms with Gasteiger partial charge in [-0.2, -0.15) is 9.04 Å². The van der Waals surface area contributed by atoms with Gasteiger partial charge in [0.2, 0.25) is 15.9 Å². The van der Waals surface area contributed by atoms with Crippen molar-refractivity contribution in [2.24, 2.45) is 0 Å². The van der Waals surface area contributed by atoms with Gasteiger partial charge in [-0.15, -0.1) is 0 Å². The van der Waals surface area contributed by atoms with Crippen LogP contribution in [0.2, 0.25) is 5.02 Å². The van der Waals surface area contributed by atoms with Crippen molar-refractivity contribution in [1.29, 1.82) is 0 Å². The van der Waals surface area contributed by atoms with E-state index >= 15 is 4.39 Å². The zero-order valence-electron chi connectivity index (χ0n) is 26.0. The molecular formula is C33H32ClF2N5O6S. The number of benzene rings is 3. The Hall–Kier alpha value is -4.53. The maximum atomic E-state index is 15.5. The van der Waals surface area contributed by atoms with Crippen LogP contribution in [0.4, 0.5) is 25.0 Å². The van der Waals surface area contributed by atoms with E-state index in [4.69, 9.17) is 16.4 Å². The van der Waals surface area contributed by atoms with Gasteiger partial charge in [0.25, 0.3) is 0 Å². The summed E-state index contributed by atoms with van der Waals surface area (Å²) in [6, 6.07) is 15.0. The van der Waals surface area contributed by atoms with Gasteiger partial charge in [0, 0.05) is 65.4 Å². The number of Topliss-reactive ketones (excluding diaryl/α,β-unsaturated/α-hetero) is 1. The highest BCUT2D eigenvalue weighted by Crippen LogP contribution is 2.33. The Labute approximate surface area is 280 Å². The normalized spacial score (nSPS) is 18.7. The number of halogens is 3. The molecule has 2 aliphatic rings. The average Bonchev–Trinajstić information content (AvgIpc) is 3.62. The molecule has 6 rings (SSSR count). The maximum absolute atomic E-state index is 15.5. The first-order chi connectivity index (χ1) is 22.8. The summed E-state index contributed by atoms with van der Waals surface area (Å²) in [6.07, 6.45) is -0.372. The number of sulfonamides is 1. The van der Waals surface area contributed by atoms with Crippen LogP contribution in [0.3, 0.4) is 0 Å². The molecule has 4 aromatic rings. The summed E-state index contributed by atoms with van der Waals surface area (Å²) < 4.78 is 56.5. The summed E-state index contributed by atoms with van der Waals surface area (Å²) in [5, 5.41) is 3.29. The van der Waals surface area contributed by atoms with Gasteiger partial charge < -0.3 is 15.1 Å². The molecule has 11 nitrogen and oxygen atoms in total. The van der Waals surface area contributed by atoms with Gasteiger partial charge in [-0.1, -0.05) is 41.9 Å². The Morgan fingerprint density at radius 2 is 1.69 bits per heavy atom. The van der Waals surface area contributed by atoms with Gasteiger partial charge in [0.05, 0.1) is 30.2 Å². The van der Waals surface area contributed by atoms with Crippen molar-refractivity contribution in [3.63, 3.8) is 0 Å². The van der Waals surface area contributed by atoms with Crippen molar-refractivity contribution in [2.45, 2.75) is 25.6 Å². The molecule has 15 heteroatoms. The van der Waals surface area contributed by atoms with E-state index in [2.05, 4.69) is 5.32 Å². The lowest BCUT2D eigenvalue weighted by Crippen LogP contribution is -2.48. The van der Waals surface area contributed by atoms with Crippen LogP contribution in [0.5, 0.6) is 0 Å². The van der Waals surface area contributed by atoms with Crippen LogP contribution in [0, 0.1) is 5.82 Å². The number of aromatic nitrogens is 1. The number of carbonyl (C=O) groups is 3. The number of nitrogens with zero attached hydrogens (tertiary/aromatic N) is 4. The molecule has 48 heavy (non-hydrogen) atoms. The van der Waals surface area contributed by atoms with Gasteiger partial charge in [-0.25, -0.2) is 22.0 Å². The standard InChI is InChI=1S/C33H32ClF2N5O6S/c1-20(42)26-19-41(29-11-10-22(17-25(26)29)38-12-14-39(15-13-38)48(2,45)46)47-33(44)40-18-21(35)16-30(40)32(43)37-28-9-5-7-24(31(28)36)23-6-3-4-8-27(23)34/h3-11,17,19,21,30H,12-16,18H2,1-2H3,(H,37,43)/t21-,30+/m1/s1. The van der Waals surface area contributed by atoms with Gasteiger partial charge in [0.15, 0.2) is 11.6 Å². The second-order valence-electron chi connectivity index (χ2n) is 11.8. The minimum Gasteiger partial charge on any atom is -0.369 e. The molecule has 2 fully saturated rings. The molecule has 2 saturated heterocycles. The van der Waals surface area contributed by atoms with Gasteiger partial charge in [-0.3, -0.25) is 14.5 Å². The van der Waals surface area contributed by atoms with E-state index in [0.29, 0.717) is 47.7 Å². The monoisotopic (exact) mass is 699 g/mol. The maximum Gasteiger partial charge on any atom is 0.435 e. The molecule has 0 aliphatic carbocycles. The van der Waals surface area contributed by atoms with Crippen LogP contribution in [-0.2, 0) is 14.8 Å². The molecule has 252 valence electrons. The van der Waals surface area contributed by atoms with E-state index in [1.165, 1.54) is 35.8 Å². The number of ketones is 1. The number of likely N-dealkylation sites (tertiary alicyclic amines) is 1.